The smallest absolute Gasteiger partial charge is 0.356 e. The predicted octanol–water partition coefficient (Wildman–Crippen LogP) is 2.25. The van der Waals surface area contributed by atoms with Crippen LogP contribution >= 0.6 is 7.82 Å². The van der Waals surface area contributed by atoms with Gasteiger partial charge in [-0.1, -0.05) is 29.4 Å². The van der Waals surface area contributed by atoms with Crippen molar-refractivity contribution in [3.05, 3.63) is 89.8 Å². The van der Waals surface area contributed by atoms with E-state index in [1.807, 2.05) is 12.1 Å². The maximum atomic E-state index is 10.9. The molecule has 0 spiro atoms. The van der Waals surface area contributed by atoms with Crippen molar-refractivity contribution in [2.75, 3.05) is 5.73 Å². The molecule has 0 unspecified atom stereocenters. The summed E-state index contributed by atoms with van der Waals surface area (Å²) in [7, 11) is -4.61. The molecular formula is C21H21N5O5P+. The fraction of sp³-hybridized carbons (Fsp3) is 0.143. The Morgan fingerprint density at radius 1 is 1.03 bits per heavy atom. The van der Waals surface area contributed by atoms with Crippen LogP contribution in [-0.4, -0.2) is 24.9 Å². The summed E-state index contributed by atoms with van der Waals surface area (Å²) in [6.07, 6.45) is 8.00. The zero-order chi connectivity index (χ0) is 22.6. The van der Waals surface area contributed by atoms with Gasteiger partial charge in [-0.25, -0.2) is 23.6 Å². The number of nitrogen functional groups attached to an aromatic ring is 1. The van der Waals surface area contributed by atoms with E-state index >= 15 is 0 Å². The zero-order valence-electron chi connectivity index (χ0n) is 16.9. The van der Waals surface area contributed by atoms with Crippen LogP contribution in [0.5, 0.6) is 0 Å². The molecule has 3 heterocycles. The van der Waals surface area contributed by atoms with Gasteiger partial charge in [-0.3, -0.25) is 5.73 Å². The monoisotopic (exact) mass is 454 g/mol. The second-order valence-electron chi connectivity index (χ2n) is 7.12. The molecule has 0 aliphatic carbocycles. The van der Waals surface area contributed by atoms with Crippen molar-refractivity contribution in [3.63, 3.8) is 0 Å². The minimum atomic E-state index is -4.61. The van der Waals surface area contributed by atoms with Gasteiger partial charge < -0.3 is 14.3 Å². The molecule has 11 heteroatoms. The van der Waals surface area contributed by atoms with Crippen molar-refractivity contribution >= 4 is 13.6 Å². The fourth-order valence-corrected chi connectivity index (χ4v) is 3.46. The Hall–Kier alpha value is -3.43. The van der Waals surface area contributed by atoms with E-state index in [1.165, 1.54) is 10.9 Å². The van der Waals surface area contributed by atoms with Gasteiger partial charge in [0.1, 0.15) is 11.9 Å². The first kappa shape index (κ1) is 21.8. The number of hydrogen-bond donors (Lipinski definition) is 3. The van der Waals surface area contributed by atoms with Crippen LogP contribution in [0.25, 0.3) is 11.3 Å². The molecule has 0 fully saturated rings. The summed E-state index contributed by atoms with van der Waals surface area (Å²) in [6, 6.07) is 13.4. The van der Waals surface area contributed by atoms with Crippen LogP contribution in [0.1, 0.15) is 22.4 Å². The minimum absolute atomic E-state index is 0.234. The molecule has 0 amide bonds. The number of pyridine rings is 1. The Morgan fingerprint density at radius 2 is 1.72 bits per heavy atom. The second kappa shape index (κ2) is 9.37. The molecule has 3 aromatic heterocycles. The molecule has 0 aliphatic rings. The van der Waals surface area contributed by atoms with E-state index in [4.69, 9.17) is 20.0 Å². The summed E-state index contributed by atoms with van der Waals surface area (Å²) in [6.45, 7) is -0.396. The number of nitrogens with zero attached hydrogens (tertiary/aromatic N) is 4. The molecule has 0 saturated heterocycles. The number of hydrogen-bond acceptors (Lipinski definition) is 7. The molecule has 1 aromatic carbocycles. The molecule has 4 N–H and O–H groups in total. The lowest BCUT2D eigenvalue weighted by atomic mass is 10.0. The number of anilines is 1. The Bertz CT molecular complexity index is 1240. The quantitative estimate of drug-likeness (QED) is 0.269. The number of rotatable bonds is 8. The Morgan fingerprint density at radius 3 is 2.41 bits per heavy atom. The van der Waals surface area contributed by atoms with Crippen LogP contribution in [-0.2, 0) is 28.7 Å². The van der Waals surface area contributed by atoms with Gasteiger partial charge in [0, 0.05) is 31.3 Å². The first-order valence-electron chi connectivity index (χ1n) is 9.63. The highest BCUT2D eigenvalue weighted by Gasteiger charge is 2.20. The Labute approximate surface area is 183 Å². The molecule has 164 valence electrons. The zero-order valence-corrected chi connectivity index (χ0v) is 17.8. The third-order valence-corrected chi connectivity index (χ3v) is 5.19. The number of benzene rings is 1. The summed E-state index contributed by atoms with van der Waals surface area (Å²) in [5.41, 5.74) is 10.7. The standard InChI is InChI=1S/C21H20N5O5P/c22-21-19(2-1-7-26(21)14-30-32(27,28)29)20-10-18(25-31-20)9-16-5-3-15(4-6-16)8-17-11-23-13-24-12-17/h1-7,10-13,22H,8-9,14H2,(H2,27,28,29)/p+1. The van der Waals surface area contributed by atoms with E-state index in [9.17, 15) is 4.57 Å². The summed E-state index contributed by atoms with van der Waals surface area (Å²) >= 11 is 0. The maximum absolute atomic E-state index is 10.9. The van der Waals surface area contributed by atoms with E-state index in [0.29, 0.717) is 17.7 Å². The molecule has 4 rings (SSSR count). The van der Waals surface area contributed by atoms with Gasteiger partial charge in [0.2, 0.25) is 6.73 Å². The van der Waals surface area contributed by atoms with Gasteiger partial charge in [0.25, 0.3) is 5.82 Å². The Kier molecular flexibility index (Phi) is 6.38. The van der Waals surface area contributed by atoms with Gasteiger partial charge in [-0.05, 0) is 28.8 Å². The lowest BCUT2D eigenvalue weighted by Crippen LogP contribution is -2.38. The van der Waals surface area contributed by atoms with Gasteiger partial charge in [-0.15, -0.1) is 0 Å². The topological polar surface area (TPSA) is 148 Å². The molecule has 0 aliphatic heterocycles. The van der Waals surface area contributed by atoms with Crippen LogP contribution in [0.3, 0.4) is 0 Å². The third-order valence-electron chi connectivity index (χ3n) is 4.73. The van der Waals surface area contributed by atoms with Gasteiger partial charge >= 0.3 is 7.82 Å². The average Bonchev–Trinajstić information content (AvgIpc) is 3.23. The highest BCUT2D eigenvalue weighted by molar-refractivity contribution is 7.46. The average molecular weight is 454 g/mol. The summed E-state index contributed by atoms with van der Waals surface area (Å²) < 4.78 is 22.3. The summed E-state index contributed by atoms with van der Waals surface area (Å²) in [5.74, 6) is 0.682. The minimum Gasteiger partial charge on any atom is -0.356 e. The van der Waals surface area contributed by atoms with Gasteiger partial charge in [-0.2, -0.15) is 0 Å². The van der Waals surface area contributed by atoms with Crippen LogP contribution in [0, 0.1) is 0 Å². The molecule has 0 radical (unpaired) electrons. The highest BCUT2D eigenvalue weighted by Crippen LogP contribution is 2.35. The SMILES string of the molecule is Nc1c(-c2cc(Cc3ccc(Cc4cncnc4)cc3)no2)ccc[n+]1COP(=O)(O)O. The number of aromatic nitrogens is 4. The van der Waals surface area contributed by atoms with E-state index in [0.717, 1.165) is 28.8 Å². The largest absolute Gasteiger partial charge is 0.472 e. The van der Waals surface area contributed by atoms with Crippen LogP contribution in [0.4, 0.5) is 5.82 Å². The molecular weight excluding hydrogens is 433 g/mol. The third kappa shape index (κ3) is 5.63. The van der Waals surface area contributed by atoms with Crippen molar-refractivity contribution < 1.29 is 28.0 Å². The first-order chi connectivity index (χ1) is 15.4. The van der Waals surface area contributed by atoms with E-state index < -0.39 is 14.6 Å². The van der Waals surface area contributed by atoms with E-state index in [1.54, 1.807) is 36.8 Å². The fourth-order valence-electron chi connectivity index (χ4n) is 3.19. The maximum Gasteiger partial charge on any atom is 0.472 e. The molecule has 0 atom stereocenters. The number of nitrogens with two attached hydrogens (primary N) is 1. The van der Waals surface area contributed by atoms with E-state index in [2.05, 4.69) is 31.8 Å². The van der Waals surface area contributed by atoms with Crippen LogP contribution < -0.4 is 10.3 Å². The normalized spacial score (nSPS) is 11.6. The van der Waals surface area contributed by atoms with Gasteiger partial charge in [0.15, 0.2) is 5.76 Å². The van der Waals surface area contributed by atoms with E-state index in [-0.39, 0.29) is 5.82 Å². The van der Waals surface area contributed by atoms with Crippen molar-refractivity contribution in [1.82, 2.24) is 15.1 Å². The lowest BCUT2D eigenvalue weighted by Gasteiger charge is -2.07. The summed E-state index contributed by atoms with van der Waals surface area (Å²) in [5, 5.41) is 4.12. The predicted molar refractivity (Wildman–Crippen MR) is 114 cm³/mol. The van der Waals surface area contributed by atoms with Crippen LogP contribution in [0.2, 0.25) is 0 Å². The molecule has 4 aromatic rings. The number of phosphoric ester groups is 1. The summed E-state index contributed by atoms with van der Waals surface area (Å²) in [4.78, 5) is 25.8. The van der Waals surface area contributed by atoms with Gasteiger partial charge in [0.05, 0.1) is 11.9 Å². The Balaban J connectivity index is 1.45. The highest BCUT2D eigenvalue weighted by atomic mass is 31.2. The van der Waals surface area contributed by atoms with Crippen LogP contribution in [0.15, 0.2) is 71.9 Å². The first-order valence-corrected chi connectivity index (χ1v) is 11.2. The molecule has 0 bridgehead atoms. The van der Waals surface area contributed by atoms with Crippen molar-refractivity contribution in [3.8, 4) is 11.3 Å². The van der Waals surface area contributed by atoms with Crippen molar-refractivity contribution in [2.45, 2.75) is 19.6 Å². The lowest BCUT2D eigenvalue weighted by molar-refractivity contribution is -0.711. The molecule has 32 heavy (non-hydrogen) atoms. The molecule has 0 saturated carbocycles. The van der Waals surface area contributed by atoms with Crippen molar-refractivity contribution in [2.24, 2.45) is 0 Å². The van der Waals surface area contributed by atoms with Crippen molar-refractivity contribution in [1.29, 1.82) is 0 Å². The molecule has 10 nitrogen and oxygen atoms in total. The second-order valence-corrected chi connectivity index (χ2v) is 8.36. The number of phosphoric acid groups is 1.